The fraction of sp³-hybridized carbons (Fsp3) is 0.385. The van der Waals surface area contributed by atoms with E-state index >= 15 is 0 Å². The second-order valence-electron chi connectivity index (χ2n) is 8.72. The van der Waals surface area contributed by atoms with Gasteiger partial charge in [0.05, 0.1) is 11.0 Å². The third-order valence-corrected chi connectivity index (χ3v) is 7.55. The molecule has 4 aromatic rings. The van der Waals surface area contributed by atoms with Crippen molar-refractivity contribution in [1.82, 2.24) is 14.8 Å². The lowest BCUT2D eigenvalue weighted by Crippen LogP contribution is -2.31. The molecule has 0 radical (unpaired) electrons. The predicted octanol–water partition coefficient (Wildman–Crippen LogP) is 4.87. The van der Waals surface area contributed by atoms with Crippen LogP contribution in [-0.2, 0) is 24.2 Å². The molecule has 0 unspecified atom stereocenters. The van der Waals surface area contributed by atoms with Crippen molar-refractivity contribution in [3.63, 3.8) is 0 Å². The first-order valence-corrected chi connectivity index (χ1v) is 13.0. The zero-order valence-corrected chi connectivity index (χ0v) is 20.9. The smallest absolute Gasteiger partial charge is 0.294 e. The van der Waals surface area contributed by atoms with Crippen LogP contribution in [0, 0.1) is 0 Å². The van der Waals surface area contributed by atoms with E-state index in [2.05, 4.69) is 29.2 Å². The molecule has 0 spiro atoms. The van der Waals surface area contributed by atoms with Crippen LogP contribution in [0.3, 0.4) is 0 Å². The van der Waals surface area contributed by atoms with Crippen molar-refractivity contribution >= 4 is 38.3 Å². The molecule has 1 fully saturated rings. The van der Waals surface area contributed by atoms with Crippen LogP contribution in [0.2, 0.25) is 0 Å². The standard InChI is InChI=1S/C26H29N5O3S/c1-3-17-10-8-11-18(4-2)21(17)27-20(32)16-31-25(33)23-24(22(29-31)19-12-9-15-34-19)35-26(28-23)30-13-6-5-7-14-30/h8-12,15H,3-7,13-14,16H2,1-2H3,(H,27,32). The lowest BCUT2D eigenvalue weighted by molar-refractivity contribution is -0.117. The van der Waals surface area contributed by atoms with Crippen LogP contribution in [0.1, 0.15) is 44.2 Å². The summed E-state index contributed by atoms with van der Waals surface area (Å²) in [6, 6.07) is 9.62. The van der Waals surface area contributed by atoms with Crippen LogP contribution >= 0.6 is 11.3 Å². The Labute approximate surface area is 207 Å². The number of rotatable bonds is 7. The molecule has 0 bridgehead atoms. The molecule has 5 rings (SSSR count). The van der Waals surface area contributed by atoms with E-state index in [1.807, 2.05) is 24.3 Å². The first-order valence-electron chi connectivity index (χ1n) is 12.2. The monoisotopic (exact) mass is 491 g/mol. The SMILES string of the molecule is CCc1cccc(CC)c1NC(=O)Cn1nc(-c2ccco2)c2sc(N3CCCCC3)nc2c1=O. The predicted molar refractivity (Wildman–Crippen MR) is 139 cm³/mol. The van der Waals surface area contributed by atoms with Gasteiger partial charge in [0.25, 0.3) is 5.56 Å². The number of nitrogens with one attached hydrogen (secondary N) is 1. The summed E-state index contributed by atoms with van der Waals surface area (Å²) in [5.74, 6) is 0.244. The number of piperidine rings is 1. The molecule has 182 valence electrons. The molecule has 1 aliphatic heterocycles. The molecule has 1 N–H and O–H groups in total. The molecule has 9 heteroatoms. The van der Waals surface area contributed by atoms with Gasteiger partial charge in [-0.2, -0.15) is 5.10 Å². The van der Waals surface area contributed by atoms with Crippen LogP contribution in [-0.4, -0.2) is 33.8 Å². The number of thiazole rings is 1. The number of amides is 1. The molecule has 4 heterocycles. The Bertz CT molecular complexity index is 1380. The maximum absolute atomic E-state index is 13.4. The topological polar surface area (TPSA) is 93.3 Å². The molecule has 0 atom stereocenters. The Morgan fingerprint density at radius 2 is 1.83 bits per heavy atom. The van der Waals surface area contributed by atoms with Gasteiger partial charge in [0.15, 0.2) is 16.4 Å². The number of aryl methyl sites for hydroxylation is 2. The fourth-order valence-corrected chi connectivity index (χ4v) is 5.67. The van der Waals surface area contributed by atoms with E-state index in [1.54, 1.807) is 12.3 Å². The van der Waals surface area contributed by atoms with Gasteiger partial charge in [-0.1, -0.05) is 43.4 Å². The van der Waals surface area contributed by atoms with Gasteiger partial charge in [0, 0.05) is 18.8 Å². The van der Waals surface area contributed by atoms with E-state index in [0.29, 0.717) is 21.7 Å². The summed E-state index contributed by atoms with van der Waals surface area (Å²) in [5.41, 5.74) is 3.44. The second kappa shape index (κ2) is 10.0. The number of furan rings is 1. The number of fused-ring (bicyclic) bond motifs is 1. The van der Waals surface area contributed by atoms with E-state index in [9.17, 15) is 9.59 Å². The minimum absolute atomic E-state index is 0.208. The van der Waals surface area contributed by atoms with E-state index < -0.39 is 0 Å². The molecular weight excluding hydrogens is 462 g/mol. The zero-order chi connectivity index (χ0) is 24.4. The number of carbonyl (C=O) groups excluding carboxylic acids is 1. The van der Waals surface area contributed by atoms with Gasteiger partial charge in [0.1, 0.15) is 12.2 Å². The van der Waals surface area contributed by atoms with E-state index in [1.165, 1.54) is 22.4 Å². The highest BCUT2D eigenvalue weighted by Crippen LogP contribution is 2.34. The van der Waals surface area contributed by atoms with Crippen molar-refractivity contribution in [2.45, 2.75) is 52.5 Å². The van der Waals surface area contributed by atoms with Gasteiger partial charge in [0.2, 0.25) is 5.91 Å². The van der Waals surface area contributed by atoms with E-state index in [-0.39, 0.29) is 18.0 Å². The number of benzene rings is 1. The Morgan fingerprint density at radius 3 is 2.49 bits per heavy atom. The molecule has 1 amide bonds. The maximum Gasteiger partial charge on any atom is 0.294 e. The maximum atomic E-state index is 13.4. The molecule has 1 aromatic carbocycles. The Balaban J connectivity index is 1.52. The minimum atomic E-state index is -0.371. The van der Waals surface area contributed by atoms with Gasteiger partial charge in [-0.25, -0.2) is 9.67 Å². The van der Waals surface area contributed by atoms with Gasteiger partial charge in [-0.05, 0) is 55.4 Å². The Kier molecular flexibility index (Phi) is 6.68. The zero-order valence-electron chi connectivity index (χ0n) is 20.0. The van der Waals surface area contributed by atoms with Gasteiger partial charge in [-0.15, -0.1) is 0 Å². The Morgan fingerprint density at radius 1 is 1.09 bits per heavy atom. The largest absolute Gasteiger partial charge is 0.463 e. The van der Waals surface area contributed by atoms with Crippen LogP contribution in [0.5, 0.6) is 0 Å². The summed E-state index contributed by atoms with van der Waals surface area (Å²) < 4.78 is 7.52. The highest BCUT2D eigenvalue weighted by molar-refractivity contribution is 7.22. The molecular formula is C26H29N5O3S. The van der Waals surface area contributed by atoms with Gasteiger partial charge < -0.3 is 14.6 Å². The van der Waals surface area contributed by atoms with E-state index in [0.717, 1.165) is 60.7 Å². The first-order chi connectivity index (χ1) is 17.1. The number of hydrogen-bond donors (Lipinski definition) is 1. The summed E-state index contributed by atoms with van der Waals surface area (Å²) in [5, 5.41) is 8.42. The highest BCUT2D eigenvalue weighted by atomic mass is 32.1. The molecule has 0 saturated carbocycles. The summed E-state index contributed by atoms with van der Waals surface area (Å²) in [6.07, 6.45) is 6.61. The van der Waals surface area contributed by atoms with Crippen molar-refractivity contribution in [3.05, 3.63) is 58.1 Å². The number of aromatic nitrogens is 3. The fourth-order valence-electron chi connectivity index (χ4n) is 4.57. The van der Waals surface area contributed by atoms with Gasteiger partial charge in [-0.3, -0.25) is 9.59 Å². The highest BCUT2D eigenvalue weighted by Gasteiger charge is 2.23. The van der Waals surface area contributed by atoms with Gasteiger partial charge >= 0.3 is 0 Å². The lowest BCUT2D eigenvalue weighted by Gasteiger charge is -2.25. The number of carbonyl (C=O) groups is 1. The lowest BCUT2D eigenvalue weighted by atomic mass is 10.0. The molecule has 1 saturated heterocycles. The van der Waals surface area contributed by atoms with E-state index in [4.69, 9.17) is 9.40 Å². The third kappa shape index (κ3) is 4.60. The van der Waals surface area contributed by atoms with Crippen LogP contribution in [0.4, 0.5) is 10.8 Å². The molecule has 1 aliphatic rings. The average molecular weight is 492 g/mol. The molecule has 0 aliphatic carbocycles. The number of hydrogen-bond acceptors (Lipinski definition) is 7. The summed E-state index contributed by atoms with van der Waals surface area (Å²) in [6.45, 7) is 5.76. The van der Waals surface area contributed by atoms with Crippen molar-refractivity contribution in [2.24, 2.45) is 0 Å². The van der Waals surface area contributed by atoms with Crippen molar-refractivity contribution in [1.29, 1.82) is 0 Å². The average Bonchev–Trinajstić information content (AvgIpc) is 3.57. The van der Waals surface area contributed by atoms with Crippen molar-refractivity contribution in [2.75, 3.05) is 23.3 Å². The van der Waals surface area contributed by atoms with Crippen LogP contribution < -0.4 is 15.8 Å². The Hall–Kier alpha value is -3.46. The quantitative estimate of drug-likeness (QED) is 0.397. The normalized spacial score (nSPS) is 13.9. The van der Waals surface area contributed by atoms with Crippen molar-refractivity contribution < 1.29 is 9.21 Å². The van der Waals surface area contributed by atoms with Crippen LogP contribution in [0.25, 0.3) is 21.7 Å². The minimum Gasteiger partial charge on any atom is -0.463 e. The van der Waals surface area contributed by atoms with Crippen LogP contribution in [0.15, 0.2) is 45.8 Å². The molecule has 35 heavy (non-hydrogen) atoms. The summed E-state index contributed by atoms with van der Waals surface area (Å²) >= 11 is 1.46. The second-order valence-corrected chi connectivity index (χ2v) is 9.69. The number of para-hydroxylation sites is 1. The number of anilines is 2. The molecule has 8 nitrogen and oxygen atoms in total. The summed E-state index contributed by atoms with van der Waals surface area (Å²) in [7, 11) is 0. The summed E-state index contributed by atoms with van der Waals surface area (Å²) in [4.78, 5) is 33.4. The van der Waals surface area contributed by atoms with Crippen molar-refractivity contribution in [3.8, 4) is 11.5 Å². The molecule has 3 aromatic heterocycles. The number of nitrogens with zero attached hydrogens (tertiary/aromatic N) is 4. The third-order valence-electron chi connectivity index (χ3n) is 6.43. The first kappa shape index (κ1) is 23.3.